The second-order valence-electron chi connectivity index (χ2n) is 6.75. The van der Waals surface area contributed by atoms with Gasteiger partial charge in [-0.05, 0) is 74.5 Å². The predicted octanol–water partition coefficient (Wildman–Crippen LogP) is 3.38. The van der Waals surface area contributed by atoms with Gasteiger partial charge >= 0.3 is 6.01 Å². The number of anilines is 1. The van der Waals surface area contributed by atoms with E-state index in [2.05, 4.69) is 37.8 Å². The van der Waals surface area contributed by atoms with Crippen LogP contribution in [0.2, 0.25) is 0 Å². The van der Waals surface area contributed by atoms with E-state index in [4.69, 9.17) is 9.15 Å². The number of tetrazole rings is 1. The van der Waals surface area contributed by atoms with Gasteiger partial charge in [0.15, 0.2) is 5.76 Å². The number of furan rings is 1. The van der Waals surface area contributed by atoms with Crippen molar-refractivity contribution in [2.75, 3.05) is 18.4 Å². The van der Waals surface area contributed by atoms with Gasteiger partial charge in [0.2, 0.25) is 0 Å². The van der Waals surface area contributed by atoms with Crippen LogP contribution < -0.4 is 10.1 Å². The molecule has 2 aromatic heterocycles. The zero-order valence-electron chi connectivity index (χ0n) is 15.6. The van der Waals surface area contributed by atoms with E-state index in [9.17, 15) is 4.79 Å². The SMILES string of the molecule is CC(c1ccc(C(=O)Nc2ccc(Oc3nn[nH]n3)cc2)o1)N1CCCCC1. The summed E-state index contributed by atoms with van der Waals surface area (Å²) in [6.45, 7) is 4.26. The van der Waals surface area contributed by atoms with Gasteiger partial charge in [-0.25, -0.2) is 0 Å². The second-order valence-corrected chi connectivity index (χ2v) is 6.75. The second kappa shape index (κ2) is 8.22. The maximum absolute atomic E-state index is 12.5. The first-order valence-electron chi connectivity index (χ1n) is 9.35. The highest BCUT2D eigenvalue weighted by Gasteiger charge is 2.22. The molecule has 1 atom stereocenters. The van der Waals surface area contributed by atoms with Crippen molar-refractivity contribution < 1.29 is 13.9 Å². The maximum Gasteiger partial charge on any atom is 0.361 e. The Morgan fingerprint density at radius 1 is 1.18 bits per heavy atom. The van der Waals surface area contributed by atoms with E-state index in [1.807, 2.05) is 6.07 Å². The van der Waals surface area contributed by atoms with Crippen LogP contribution in [0.15, 0.2) is 40.8 Å². The lowest BCUT2D eigenvalue weighted by Crippen LogP contribution is -2.32. The van der Waals surface area contributed by atoms with Crippen LogP contribution in [0.3, 0.4) is 0 Å². The molecule has 4 rings (SSSR count). The number of hydrogen-bond donors (Lipinski definition) is 2. The van der Waals surface area contributed by atoms with Crippen molar-refractivity contribution in [3.05, 3.63) is 47.9 Å². The third kappa shape index (κ3) is 4.20. The van der Waals surface area contributed by atoms with Crippen LogP contribution in [-0.4, -0.2) is 44.5 Å². The summed E-state index contributed by atoms with van der Waals surface area (Å²) in [6.07, 6.45) is 3.71. The number of nitrogens with one attached hydrogen (secondary N) is 2. The Kier molecular flexibility index (Phi) is 5.34. The van der Waals surface area contributed by atoms with Crippen LogP contribution in [0.25, 0.3) is 0 Å². The number of H-pyrrole nitrogens is 1. The number of ether oxygens (including phenoxy) is 1. The summed E-state index contributed by atoms with van der Waals surface area (Å²) in [6, 6.07) is 10.8. The van der Waals surface area contributed by atoms with E-state index < -0.39 is 0 Å². The van der Waals surface area contributed by atoms with Crippen molar-refractivity contribution >= 4 is 11.6 Å². The molecule has 1 aliphatic heterocycles. The molecule has 1 amide bonds. The highest BCUT2D eigenvalue weighted by Crippen LogP contribution is 2.26. The van der Waals surface area contributed by atoms with Crippen molar-refractivity contribution in [3.8, 4) is 11.8 Å². The van der Waals surface area contributed by atoms with Crippen molar-refractivity contribution in [1.82, 2.24) is 25.5 Å². The summed E-state index contributed by atoms with van der Waals surface area (Å²) in [5.41, 5.74) is 0.632. The fourth-order valence-electron chi connectivity index (χ4n) is 3.29. The lowest BCUT2D eigenvalue weighted by molar-refractivity contribution is 0.0987. The number of aromatic amines is 1. The third-order valence-electron chi connectivity index (χ3n) is 4.85. The average Bonchev–Trinajstić information content (AvgIpc) is 3.42. The van der Waals surface area contributed by atoms with Gasteiger partial charge in [0, 0.05) is 5.69 Å². The fraction of sp³-hybridized carbons (Fsp3) is 0.368. The third-order valence-corrected chi connectivity index (χ3v) is 4.85. The van der Waals surface area contributed by atoms with Crippen molar-refractivity contribution in [3.63, 3.8) is 0 Å². The molecule has 1 aromatic carbocycles. The van der Waals surface area contributed by atoms with E-state index in [-0.39, 0.29) is 18.0 Å². The minimum absolute atomic E-state index is 0.128. The number of rotatable bonds is 6. The van der Waals surface area contributed by atoms with E-state index >= 15 is 0 Å². The lowest BCUT2D eigenvalue weighted by atomic mass is 10.1. The molecule has 0 saturated carbocycles. The minimum atomic E-state index is -0.288. The Morgan fingerprint density at radius 2 is 1.96 bits per heavy atom. The van der Waals surface area contributed by atoms with Crippen molar-refractivity contribution in [2.24, 2.45) is 0 Å². The first kappa shape index (κ1) is 18.2. The molecule has 146 valence electrons. The number of carbonyl (C=O) groups is 1. The highest BCUT2D eigenvalue weighted by atomic mass is 16.5. The number of hydrogen-bond acceptors (Lipinski definition) is 7. The van der Waals surface area contributed by atoms with Gasteiger partial charge in [-0.15, -0.1) is 0 Å². The number of aromatic nitrogens is 4. The minimum Gasteiger partial charge on any atom is -0.454 e. The van der Waals surface area contributed by atoms with Gasteiger partial charge in [-0.3, -0.25) is 9.69 Å². The summed E-state index contributed by atoms with van der Waals surface area (Å²) < 4.78 is 11.2. The van der Waals surface area contributed by atoms with Crippen molar-refractivity contribution in [1.29, 1.82) is 0 Å². The van der Waals surface area contributed by atoms with Gasteiger partial charge in [0.25, 0.3) is 5.91 Å². The molecule has 9 heteroatoms. The smallest absolute Gasteiger partial charge is 0.361 e. The molecule has 3 heterocycles. The van der Waals surface area contributed by atoms with Crippen LogP contribution in [0, 0.1) is 0 Å². The number of carbonyl (C=O) groups excluding carboxylic acids is 1. The molecule has 9 nitrogen and oxygen atoms in total. The van der Waals surface area contributed by atoms with Gasteiger partial charge in [-0.1, -0.05) is 16.6 Å². The largest absolute Gasteiger partial charge is 0.454 e. The van der Waals surface area contributed by atoms with Gasteiger partial charge in [0.05, 0.1) is 6.04 Å². The van der Waals surface area contributed by atoms with Gasteiger partial charge in [-0.2, -0.15) is 5.21 Å². The first-order chi connectivity index (χ1) is 13.7. The topological polar surface area (TPSA) is 109 Å². The van der Waals surface area contributed by atoms with Gasteiger partial charge in [0.1, 0.15) is 11.5 Å². The molecular weight excluding hydrogens is 360 g/mol. The lowest BCUT2D eigenvalue weighted by Gasteiger charge is -2.31. The monoisotopic (exact) mass is 382 g/mol. The Labute approximate surface area is 162 Å². The van der Waals surface area contributed by atoms with Crippen LogP contribution >= 0.6 is 0 Å². The summed E-state index contributed by atoms with van der Waals surface area (Å²) in [4.78, 5) is 14.9. The van der Waals surface area contributed by atoms with E-state index in [1.54, 1.807) is 30.3 Å². The summed E-state index contributed by atoms with van der Waals surface area (Å²) >= 11 is 0. The zero-order valence-corrected chi connectivity index (χ0v) is 15.6. The molecule has 1 saturated heterocycles. The molecule has 0 radical (unpaired) electrons. The van der Waals surface area contributed by atoms with Crippen LogP contribution in [-0.2, 0) is 0 Å². The first-order valence-corrected chi connectivity index (χ1v) is 9.35. The molecule has 0 bridgehead atoms. The summed E-state index contributed by atoms with van der Waals surface area (Å²) in [5, 5.41) is 16.0. The van der Waals surface area contributed by atoms with Crippen LogP contribution in [0.4, 0.5) is 5.69 Å². The van der Waals surface area contributed by atoms with Gasteiger partial charge < -0.3 is 14.5 Å². The van der Waals surface area contributed by atoms with Crippen molar-refractivity contribution in [2.45, 2.75) is 32.2 Å². The highest BCUT2D eigenvalue weighted by molar-refractivity contribution is 6.02. The standard InChI is InChI=1S/C19H22N6O3/c1-13(25-11-3-2-4-12-25)16-9-10-17(28-16)18(26)20-14-5-7-15(8-6-14)27-19-21-23-24-22-19/h5-10,13H,2-4,11-12H2,1H3,(H,20,26)(H,21,22,23,24). The summed E-state index contributed by atoms with van der Waals surface area (Å²) in [7, 11) is 0. The Bertz CT molecular complexity index is 900. The molecular formula is C19H22N6O3. The summed E-state index contributed by atoms with van der Waals surface area (Å²) in [5.74, 6) is 1.36. The number of piperidine rings is 1. The molecule has 1 aliphatic rings. The maximum atomic E-state index is 12.5. The molecule has 2 N–H and O–H groups in total. The number of likely N-dealkylation sites (tertiary alicyclic amines) is 1. The fourth-order valence-corrected chi connectivity index (χ4v) is 3.29. The Balaban J connectivity index is 1.36. The Morgan fingerprint density at radius 3 is 2.68 bits per heavy atom. The molecule has 28 heavy (non-hydrogen) atoms. The number of amides is 1. The average molecular weight is 382 g/mol. The number of nitrogens with zero attached hydrogens (tertiary/aromatic N) is 4. The quantitative estimate of drug-likeness (QED) is 0.672. The van der Waals surface area contributed by atoms with Crippen LogP contribution in [0.5, 0.6) is 11.8 Å². The normalized spacial score (nSPS) is 15.9. The van der Waals surface area contributed by atoms with E-state index in [1.165, 1.54) is 19.3 Å². The molecule has 0 aliphatic carbocycles. The molecule has 3 aromatic rings. The van der Waals surface area contributed by atoms with E-state index in [0.29, 0.717) is 17.2 Å². The number of benzene rings is 1. The zero-order chi connectivity index (χ0) is 19.3. The predicted molar refractivity (Wildman–Crippen MR) is 101 cm³/mol. The Hall–Kier alpha value is -3.20. The molecule has 1 unspecified atom stereocenters. The molecule has 0 spiro atoms. The van der Waals surface area contributed by atoms with Crippen LogP contribution in [0.1, 0.15) is 48.5 Å². The van der Waals surface area contributed by atoms with E-state index in [0.717, 1.165) is 18.8 Å². The molecule has 1 fully saturated rings.